The second-order valence-corrected chi connectivity index (χ2v) is 28.8. The highest BCUT2D eigenvalue weighted by Gasteiger charge is 2.46. The van der Waals surface area contributed by atoms with Crippen LogP contribution < -0.4 is 21.3 Å². The molecule has 0 radical (unpaired) electrons. The van der Waals surface area contributed by atoms with Crippen LogP contribution >= 0.6 is 0 Å². The highest BCUT2D eigenvalue weighted by molar-refractivity contribution is 6.00. The number of carbonyl (C=O) groups excluding carboxylic acids is 12. The third-order valence-electron chi connectivity index (χ3n) is 18.1. The van der Waals surface area contributed by atoms with Crippen LogP contribution in [0, 0.1) is 48.3 Å². The number of ether oxygens (including phenoxy) is 1. The van der Waals surface area contributed by atoms with Gasteiger partial charge in [0.2, 0.25) is 65.0 Å². The average Bonchev–Trinajstić information content (AvgIpc) is 0.825. The van der Waals surface area contributed by atoms with Gasteiger partial charge in [-0.15, -0.1) is 0 Å². The van der Waals surface area contributed by atoms with Crippen LogP contribution in [-0.4, -0.2) is 239 Å². The Balaban J connectivity index is 2.99. The highest BCUT2D eigenvalue weighted by atomic mass is 16.5. The first-order valence-corrected chi connectivity index (χ1v) is 34.0. The van der Waals surface area contributed by atoms with Crippen molar-refractivity contribution in [1.82, 2.24) is 55.6 Å². The summed E-state index contributed by atoms with van der Waals surface area (Å²) in [6, 6.07) is -7.15. The number of aliphatic hydroxyl groups excluding tert-OH is 1. The van der Waals surface area contributed by atoms with Crippen LogP contribution in [0.1, 0.15) is 179 Å². The second kappa shape index (κ2) is 37.9. The SMILES string of the molecule is CC[C@@H]1NC(=O)[C@H]([C@H](O)[C@H](C)CCCOC(=O)c2cccc(C)c2)N(C)C(=O)[C@H](C(C)C)N(C)C(=O)[C@H](CC(C)C)N(C)C(=O)[C@H](CC(C)C)N(C)C(=O)[C@@H](C)NC(=O)[C@H](C)NC(=O)[C@H](CC(C)C)N(C)C(=O)[C@H](C(C)C)NC(=O)[C@H](CC(C)C)N(C)C(=O)[C@@H](C)N(C)C1=O. The molecule has 1 aromatic carbocycles. The fourth-order valence-electron chi connectivity index (χ4n) is 12.0. The molecule has 1 fully saturated rings. The number of rotatable bonds is 18. The Morgan fingerprint density at radius 1 is 0.484 bits per heavy atom. The van der Waals surface area contributed by atoms with E-state index < -0.39 is 161 Å². The zero-order valence-electron chi connectivity index (χ0n) is 61.8. The summed E-state index contributed by atoms with van der Waals surface area (Å²) < 4.78 is 5.57. The number of aliphatic hydroxyl groups is 1. The molecule has 2 rings (SSSR count). The lowest BCUT2D eigenvalue weighted by molar-refractivity contribution is -0.157. The molecule has 0 aliphatic carbocycles. The van der Waals surface area contributed by atoms with Crippen LogP contribution in [0.5, 0.6) is 0 Å². The van der Waals surface area contributed by atoms with Crippen molar-refractivity contribution < 1.29 is 67.4 Å². The molecule has 0 aromatic heterocycles. The molecule has 95 heavy (non-hydrogen) atoms. The predicted octanol–water partition coefficient (Wildman–Crippen LogP) is 4.64. The van der Waals surface area contributed by atoms with Crippen LogP contribution in [0.4, 0.5) is 0 Å². The highest BCUT2D eigenvalue weighted by Crippen LogP contribution is 2.26. The van der Waals surface area contributed by atoms with Gasteiger partial charge in [-0.05, 0) is 126 Å². The Labute approximate surface area is 566 Å². The Hall–Kier alpha value is -7.18. The standard InChI is InChI=1S/C70H119N11O14/c1-26-50-65(89)75(19)48(18)64(88)76(20)52(34-39(4)5)61(85)74-55(42(10)11)68(92)77(21)51(33-38(2)3)60(84)71-46(16)59(83)72-47(17)63(87)78(22)53(35-40(6)7)66(90)79(23)54(36-41(8)9)67(91)80(24)56(43(12)13)69(93)81(25)57(62(86)73-50)58(82)45(15)30-28-32-95-70(94)49-31-27-29-44(14)37-49/h27,29,31,37-43,45-48,50-58,82H,26,28,30,32-36H2,1-25H3,(H,71,84)(H,72,83)(H,73,86)(H,74,85)/t45-,46+,47-,48-,50+,51+,52+,53+,54+,55+,56+,57+,58-/m1/s1. The van der Waals surface area contributed by atoms with Crippen molar-refractivity contribution in [1.29, 1.82) is 0 Å². The lowest BCUT2D eigenvalue weighted by Crippen LogP contribution is -2.64. The van der Waals surface area contributed by atoms with Crippen LogP contribution in [0.15, 0.2) is 24.3 Å². The van der Waals surface area contributed by atoms with E-state index in [4.69, 9.17) is 4.74 Å². The number of nitrogens with zero attached hydrogens (tertiary/aromatic N) is 7. The molecular formula is C70H119N11O14. The van der Waals surface area contributed by atoms with Crippen molar-refractivity contribution in [3.8, 4) is 0 Å². The predicted molar refractivity (Wildman–Crippen MR) is 364 cm³/mol. The smallest absolute Gasteiger partial charge is 0.338 e. The second-order valence-electron chi connectivity index (χ2n) is 28.8. The minimum atomic E-state index is -1.72. The molecule has 11 amide bonds. The largest absolute Gasteiger partial charge is 0.462 e. The summed E-state index contributed by atoms with van der Waals surface area (Å²) in [6.45, 7) is 31.1. The van der Waals surface area contributed by atoms with Gasteiger partial charge in [0, 0.05) is 49.3 Å². The Morgan fingerprint density at radius 3 is 1.40 bits per heavy atom. The Bertz CT molecular complexity index is 2810. The van der Waals surface area contributed by atoms with Gasteiger partial charge in [-0.25, -0.2) is 4.79 Å². The molecule has 0 saturated carbocycles. The van der Waals surface area contributed by atoms with Gasteiger partial charge in [0.25, 0.3) is 0 Å². The summed E-state index contributed by atoms with van der Waals surface area (Å²) in [7, 11) is 9.83. The molecular weight excluding hydrogens is 1220 g/mol. The van der Waals surface area contributed by atoms with Gasteiger partial charge in [-0.2, -0.15) is 0 Å². The molecule has 25 nitrogen and oxygen atoms in total. The molecule has 25 heteroatoms. The van der Waals surface area contributed by atoms with E-state index in [0.29, 0.717) is 5.56 Å². The van der Waals surface area contributed by atoms with Gasteiger partial charge in [-0.1, -0.05) is 115 Å². The van der Waals surface area contributed by atoms with Crippen molar-refractivity contribution >= 4 is 70.9 Å². The molecule has 1 aromatic rings. The number of hydrogen-bond donors (Lipinski definition) is 5. The van der Waals surface area contributed by atoms with E-state index in [1.54, 1.807) is 59.7 Å². The number of nitrogens with one attached hydrogen (secondary N) is 4. The number of likely N-dealkylation sites (N-methyl/N-ethyl adjacent to an activating group) is 7. The van der Waals surface area contributed by atoms with Crippen molar-refractivity contribution in [2.24, 2.45) is 41.4 Å². The number of amides is 11. The van der Waals surface area contributed by atoms with Crippen LogP contribution in [0.2, 0.25) is 0 Å². The first-order valence-electron chi connectivity index (χ1n) is 34.0. The average molecular weight is 1340 g/mol. The molecule has 1 aliphatic rings. The lowest BCUT2D eigenvalue weighted by atomic mass is 9.90. The summed E-state index contributed by atoms with van der Waals surface area (Å²) in [5, 5.41) is 23.5. The molecule has 13 atom stereocenters. The first-order chi connectivity index (χ1) is 44.0. The third-order valence-corrected chi connectivity index (χ3v) is 18.1. The van der Waals surface area contributed by atoms with E-state index in [1.165, 1.54) is 94.6 Å². The van der Waals surface area contributed by atoms with Gasteiger partial charge >= 0.3 is 5.97 Å². The Morgan fingerprint density at radius 2 is 0.926 bits per heavy atom. The van der Waals surface area contributed by atoms with Crippen molar-refractivity contribution in [2.75, 3.05) is 55.9 Å². The van der Waals surface area contributed by atoms with E-state index in [0.717, 1.165) is 15.4 Å². The maximum atomic E-state index is 15.4. The maximum Gasteiger partial charge on any atom is 0.338 e. The van der Waals surface area contributed by atoms with E-state index in [2.05, 4.69) is 21.3 Å². The van der Waals surface area contributed by atoms with Crippen LogP contribution in [-0.2, 0) is 57.5 Å². The number of esters is 1. The fraction of sp³-hybridized carbons (Fsp3) is 0.743. The van der Waals surface area contributed by atoms with Gasteiger partial charge in [-0.3, -0.25) is 52.7 Å². The Kier molecular flexibility index (Phi) is 33.5. The van der Waals surface area contributed by atoms with Gasteiger partial charge in [0.15, 0.2) is 0 Å². The summed E-state index contributed by atoms with van der Waals surface area (Å²) in [4.78, 5) is 184. The van der Waals surface area contributed by atoms with Gasteiger partial charge in [0.1, 0.15) is 66.5 Å². The summed E-state index contributed by atoms with van der Waals surface area (Å²) in [5.74, 6) is -10.9. The normalized spacial score (nSPS) is 25.9. The minimum Gasteiger partial charge on any atom is -0.462 e. The van der Waals surface area contributed by atoms with Crippen LogP contribution in [0.25, 0.3) is 0 Å². The zero-order valence-corrected chi connectivity index (χ0v) is 61.8. The third kappa shape index (κ3) is 23.3. The van der Waals surface area contributed by atoms with Crippen molar-refractivity contribution in [2.45, 2.75) is 242 Å². The lowest BCUT2D eigenvalue weighted by Gasteiger charge is -2.41. The van der Waals surface area contributed by atoms with E-state index in [9.17, 15) is 43.5 Å². The zero-order chi connectivity index (χ0) is 73.1. The molecule has 0 bridgehead atoms. The first kappa shape index (κ1) is 83.9. The topological polar surface area (TPSA) is 305 Å². The maximum absolute atomic E-state index is 15.4. The molecule has 538 valence electrons. The van der Waals surface area contributed by atoms with Crippen LogP contribution in [0.3, 0.4) is 0 Å². The monoisotopic (exact) mass is 1340 g/mol. The molecule has 1 heterocycles. The number of benzene rings is 1. The molecule has 1 saturated heterocycles. The fourth-order valence-corrected chi connectivity index (χ4v) is 12.0. The quantitative estimate of drug-likeness (QED) is 0.0989. The molecule has 5 N–H and O–H groups in total. The number of aryl methyl sites for hydroxylation is 1. The van der Waals surface area contributed by atoms with E-state index in [1.807, 2.05) is 68.4 Å². The molecule has 0 spiro atoms. The van der Waals surface area contributed by atoms with Gasteiger partial charge in [0.05, 0.1) is 18.3 Å². The number of carbonyl (C=O) groups is 12. The number of hydrogen-bond acceptors (Lipinski definition) is 14. The summed E-state index contributed by atoms with van der Waals surface area (Å²) in [5.41, 5.74) is 1.22. The summed E-state index contributed by atoms with van der Waals surface area (Å²) >= 11 is 0. The van der Waals surface area contributed by atoms with Crippen molar-refractivity contribution in [3.05, 3.63) is 35.4 Å². The van der Waals surface area contributed by atoms with Crippen molar-refractivity contribution in [3.63, 3.8) is 0 Å². The minimum absolute atomic E-state index is 0.0322. The molecule has 0 unspecified atom stereocenters. The summed E-state index contributed by atoms with van der Waals surface area (Å²) in [6.07, 6.45) is -0.728. The van der Waals surface area contributed by atoms with Gasteiger partial charge < -0.3 is 65.4 Å². The van der Waals surface area contributed by atoms with E-state index >= 15 is 19.2 Å². The molecule has 1 aliphatic heterocycles. The van der Waals surface area contributed by atoms with E-state index in [-0.39, 0.29) is 75.2 Å².